The Bertz CT molecular complexity index is 565. The molecule has 104 valence electrons. The fourth-order valence-corrected chi connectivity index (χ4v) is 2.95. The summed E-state index contributed by atoms with van der Waals surface area (Å²) in [5.41, 5.74) is 1.19. The Kier molecular flexibility index (Phi) is 3.91. The molecule has 0 aliphatic carbocycles. The van der Waals surface area contributed by atoms with Crippen LogP contribution < -0.4 is 0 Å². The SMILES string of the molecule is CS(=O)(=O)Cc1ccc(C(=O)N2CC[C@@H](O)C2)cc1. The molecule has 6 heteroatoms. The molecule has 1 aliphatic heterocycles. The number of benzene rings is 1. The van der Waals surface area contributed by atoms with E-state index >= 15 is 0 Å². The van der Waals surface area contributed by atoms with Gasteiger partial charge in [0.1, 0.15) is 0 Å². The molecule has 0 aromatic heterocycles. The van der Waals surface area contributed by atoms with Crippen molar-refractivity contribution < 1.29 is 18.3 Å². The fraction of sp³-hybridized carbons (Fsp3) is 0.462. The van der Waals surface area contributed by atoms with Gasteiger partial charge in [0, 0.05) is 24.9 Å². The lowest BCUT2D eigenvalue weighted by molar-refractivity contribution is 0.0765. The molecule has 1 aliphatic rings. The second-order valence-corrected chi connectivity index (χ2v) is 7.10. The van der Waals surface area contributed by atoms with Gasteiger partial charge in [-0.15, -0.1) is 0 Å². The van der Waals surface area contributed by atoms with E-state index in [9.17, 15) is 18.3 Å². The van der Waals surface area contributed by atoms with E-state index in [4.69, 9.17) is 0 Å². The topological polar surface area (TPSA) is 74.7 Å². The van der Waals surface area contributed by atoms with Gasteiger partial charge in [-0.05, 0) is 24.1 Å². The summed E-state index contributed by atoms with van der Waals surface area (Å²) < 4.78 is 22.3. The monoisotopic (exact) mass is 283 g/mol. The Morgan fingerprint density at radius 1 is 1.37 bits per heavy atom. The van der Waals surface area contributed by atoms with Gasteiger partial charge in [-0.3, -0.25) is 4.79 Å². The van der Waals surface area contributed by atoms with E-state index in [1.165, 1.54) is 6.26 Å². The van der Waals surface area contributed by atoms with Crippen molar-refractivity contribution in [1.82, 2.24) is 4.90 Å². The summed E-state index contributed by atoms with van der Waals surface area (Å²) in [5.74, 6) is -0.147. The average Bonchev–Trinajstić information content (AvgIpc) is 2.74. The number of aliphatic hydroxyl groups is 1. The maximum absolute atomic E-state index is 12.1. The largest absolute Gasteiger partial charge is 0.391 e. The fourth-order valence-electron chi connectivity index (χ4n) is 2.16. The number of likely N-dealkylation sites (tertiary alicyclic amines) is 1. The highest BCUT2D eigenvalue weighted by Gasteiger charge is 2.25. The van der Waals surface area contributed by atoms with E-state index in [0.29, 0.717) is 30.6 Å². The van der Waals surface area contributed by atoms with Crippen molar-refractivity contribution in [3.8, 4) is 0 Å². The summed E-state index contributed by atoms with van der Waals surface area (Å²) in [5, 5.41) is 9.41. The number of β-amino-alcohol motifs (C(OH)–C–C–N with tert-alkyl or cyclic N) is 1. The summed E-state index contributed by atoms with van der Waals surface area (Å²) in [6.07, 6.45) is 1.35. The molecule has 2 rings (SSSR count). The highest BCUT2D eigenvalue weighted by molar-refractivity contribution is 7.89. The maximum Gasteiger partial charge on any atom is 0.253 e. The third-order valence-corrected chi connectivity index (χ3v) is 3.94. The Labute approximate surface area is 112 Å². The van der Waals surface area contributed by atoms with Crippen molar-refractivity contribution in [3.63, 3.8) is 0 Å². The molecule has 5 nitrogen and oxygen atoms in total. The molecule has 19 heavy (non-hydrogen) atoms. The summed E-state index contributed by atoms with van der Waals surface area (Å²) in [6, 6.07) is 6.57. The van der Waals surface area contributed by atoms with Gasteiger partial charge in [-0.2, -0.15) is 0 Å². The van der Waals surface area contributed by atoms with E-state index in [2.05, 4.69) is 0 Å². The molecule has 0 unspecified atom stereocenters. The van der Waals surface area contributed by atoms with Crippen LogP contribution in [0, 0.1) is 0 Å². The number of hydrogen-bond donors (Lipinski definition) is 1. The third kappa shape index (κ3) is 3.78. The van der Waals surface area contributed by atoms with E-state index in [1.807, 2.05) is 0 Å². The van der Waals surface area contributed by atoms with Gasteiger partial charge in [0.05, 0.1) is 11.9 Å². The highest BCUT2D eigenvalue weighted by Crippen LogP contribution is 2.15. The lowest BCUT2D eigenvalue weighted by Crippen LogP contribution is -2.29. The third-order valence-electron chi connectivity index (χ3n) is 3.08. The zero-order valence-corrected chi connectivity index (χ0v) is 11.6. The van der Waals surface area contributed by atoms with Gasteiger partial charge < -0.3 is 10.0 Å². The number of amides is 1. The number of aliphatic hydroxyl groups excluding tert-OH is 1. The molecule has 0 spiro atoms. The van der Waals surface area contributed by atoms with E-state index in [0.717, 1.165) is 0 Å². The predicted octanol–water partition coefficient (Wildman–Crippen LogP) is 0.438. The molecule has 0 saturated carbocycles. The van der Waals surface area contributed by atoms with Crippen molar-refractivity contribution in [1.29, 1.82) is 0 Å². The van der Waals surface area contributed by atoms with Crippen LogP contribution >= 0.6 is 0 Å². The standard InChI is InChI=1S/C13H17NO4S/c1-19(17,18)9-10-2-4-11(5-3-10)13(16)14-7-6-12(15)8-14/h2-5,12,15H,6-9H2,1H3/t12-/m1/s1. The maximum atomic E-state index is 12.1. The molecule has 0 radical (unpaired) electrons. The number of carbonyl (C=O) groups is 1. The van der Waals surface area contributed by atoms with Gasteiger partial charge in [0.2, 0.25) is 0 Å². The number of hydrogen-bond acceptors (Lipinski definition) is 4. The van der Waals surface area contributed by atoms with Crippen LogP contribution in [0.3, 0.4) is 0 Å². The minimum absolute atomic E-state index is 0.0239. The van der Waals surface area contributed by atoms with Gasteiger partial charge in [-0.25, -0.2) is 8.42 Å². The normalized spacial score (nSPS) is 19.7. The zero-order valence-electron chi connectivity index (χ0n) is 10.7. The van der Waals surface area contributed by atoms with Crippen LogP contribution in [0.15, 0.2) is 24.3 Å². The van der Waals surface area contributed by atoms with Crippen LogP contribution in [0.2, 0.25) is 0 Å². The highest BCUT2D eigenvalue weighted by atomic mass is 32.2. The molecule has 1 atom stereocenters. The van der Waals surface area contributed by atoms with Crippen LogP contribution in [-0.2, 0) is 15.6 Å². The molecule has 1 amide bonds. The summed E-state index contributed by atoms with van der Waals surface area (Å²) >= 11 is 0. The Hall–Kier alpha value is -1.40. The first-order chi connectivity index (χ1) is 8.85. The smallest absolute Gasteiger partial charge is 0.253 e. The minimum atomic E-state index is -3.06. The number of carbonyl (C=O) groups excluding carboxylic acids is 1. The first kappa shape index (κ1) is 14.0. The quantitative estimate of drug-likeness (QED) is 0.873. The van der Waals surface area contributed by atoms with Crippen molar-refractivity contribution in [2.24, 2.45) is 0 Å². The lowest BCUT2D eigenvalue weighted by Gasteiger charge is -2.15. The van der Waals surface area contributed by atoms with Crippen LogP contribution in [0.4, 0.5) is 0 Å². The zero-order chi connectivity index (χ0) is 14.0. The van der Waals surface area contributed by atoms with Crippen molar-refractivity contribution >= 4 is 15.7 Å². The average molecular weight is 283 g/mol. The van der Waals surface area contributed by atoms with Gasteiger partial charge >= 0.3 is 0 Å². The number of rotatable bonds is 3. The van der Waals surface area contributed by atoms with Gasteiger partial charge in [-0.1, -0.05) is 12.1 Å². The molecule has 1 aromatic rings. The number of sulfone groups is 1. The molecular formula is C13H17NO4S. The molecule has 1 saturated heterocycles. The Morgan fingerprint density at radius 2 is 2.00 bits per heavy atom. The molecule has 1 heterocycles. The molecule has 0 bridgehead atoms. The summed E-state index contributed by atoms with van der Waals surface area (Å²) in [7, 11) is -3.06. The van der Waals surface area contributed by atoms with Crippen LogP contribution in [0.5, 0.6) is 0 Å². The van der Waals surface area contributed by atoms with Crippen LogP contribution in [-0.4, -0.2) is 49.8 Å². The van der Waals surface area contributed by atoms with Crippen LogP contribution in [0.25, 0.3) is 0 Å². The summed E-state index contributed by atoms with van der Waals surface area (Å²) in [6.45, 7) is 0.926. The molecule has 1 aromatic carbocycles. The molecular weight excluding hydrogens is 266 g/mol. The second kappa shape index (κ2) is 5.30. The predicted molar refractivity (Wildman–Crippen MR) is 71.5 cm³/mol. The van der Waals surface area contributed by atoms with Crippen molar-refractivity contribution in [2.75, 3.05) is 19.3 Å². The van der Waals surface area contributed by atoms with Gasteiger partial charge in [0.15, 0.2) is 9.84 Å². The Balaban J connectivity index is 2.08. The van der Waals surface area contributed by atoms with Crippen molar-refractivity contribution in [3.05, 3.63) is 35.4 Å². The minimum Gasteiger partial charge on any atom is -0.391 e. The van der Waals surface area contributed by atoms with E-state index in [-0.39, 0.29) is 11.7 Å². The molecule has 1 fully saturated rings. The van der Waals surface area contributed by atoms with Crippen LogP contribution in [0.1, 0.15) is 22.3 Å². The number of nitrogens with zero attached hydrogens (tertiary/aromatic N) is 1. The first-order valence-corrected chi connectivity index (χ1v) is 8.15. The Morgan fingerprint density at radius 3 is 2.47 bits per heavy atom. The van der Waals surface area contributed by atoms with Gasteiger partial charge in [0.25, 0.3) is 5.91 Å². The second-order valence-electron chi connectivity index (χ2n) is 4.96. The molecule has 1 N–H and O–H groups in total. The summed E-state index contributed by atoms with van der Waals surface area (Å²) in [4.78, 5) is 13.7. The van der Waals surface area contributed by atoms with E-state index < -0.39 is 15.9 Å². The van der Waals surface area contributed by atoms with Crippen molar-refractivity contribution in [2.45, 2.75) is 18.3 Å². The lowest BCUT2D eigenvalue weighted by atomic mass is 10.1. The first-order valence-electron chi connectivity index (χ1n) is 6.09. The van der Waals surface area contributed by atoms with E-state index in [1.54, 1.807) is 29.2 Å².